The summed E-state index contributed by atoms with van der Waals surface area (Å²) in [5, 5.41) is 3.59. The van der Waals surface area contributed by atoms with Crippen molar-refractivity contribution >= 4 is 39.3 Å². The highest BCUT2D eigenvalue weighted by molar-refractivity contribution is 7.99. The Balaban J connectivity index is 1.46. The van der Waals surface area contributed by atoms with Gasteiger partial charge in [0.05, 0.1) is 5.75 Å². The minimum atomic E-state index is -3.29. The van der Waals surface area contributed by atoms with Gasteiger partial charge in [-0.05, 0) is 54.8 Å². The number of carbonyl (C=O) groups is 1. The first-order valence-electron chi connectivity index (χ1n) is 9.67. The van der Waals surface area contributed by atoms with E-state index in [0.717, 1.165) is 29.9 Å². The maximum Gasteiger partial charge on any atom is 0.251 e. The zero-order chi connectivity index (χ0) is 20.7. The zero-order valence-electron chi connectivity index (χ0n) is 16.1. The second-order valence-corrected chi connectivity index (χ2v) is 10.5. The highest BCUT2D eigenvalue weighted by Crippen LogP contribution is 2.20. The standard InChI is InChI=1S/C21H25ClN2O3S2/c22-19-8-10-20(11-9-19)28-15-12-23-21(25)18-6-4-17(5-7-18)16-29(26,27)24-13-2-1-3-14-24/h4-11H,1-3,12-16H2,(H,23,25). The van der Waals surface area contributed by atoms with Crippen LogP contribution in [-0.2, 0) is 15.8 Å². The molecule has 0 atom stereocenters. The molecule has 0 spiro atoms. The van der Waals surface area contributed by atoms with Crippen molar-refractivity contribution < 1.29 is 13.2 Å². The Morgan fingerprint density at radius 2 is 1.66 bits per heavy atom. The van der Waals surface area contributed by atoms with Crippen molar-refractivity contribution in [2.45, 2.75) is 29.9 Å². The first-order valence-corrected chi connectivity index (χ1v) is 12.6. The van der Waals surface area contributed by atoms with E-state index in [0.29, 0.717) is 35.8 Å². The zero-order valence-corrected chi connectivity index (χ0v) is 18.5. The number of sulfonamides is 1. The Hall–Kier alpha value is -1.54. The fraction of sp³-hybridized carbons (Fsp3) is 0.381. The second-order valence-electron chi connectivity index (χ2n) is 6.97. The number of nitrogens with one attached hydrogen (secondary N) is 1. The van der Waals surface area contributed by atoms with Gasteiger partial charge in [0, 0.05) is 40.9 Å². The maximum absolute atomic E-state index is 12.5. The van der Waals surface area contributed by atoms with Crippen molar-refractivity contribution in [1.29, 1.82) is 0 Å². The van der Waals surface area contributed by atoms with Crippen molar-refractivity contribution in [1.82, 2.24) is 9.62 Å². The third-order valence-corrected chi connectivity index (χ3v) is 7.86. The van der Waals surface area contributed by atoms with Crippen LogP contribution in [0.15, 0.2) is 53.4 Å². The van der Waals surface area contributed by atoms with Crippen molar-refractivity contribution in [2.24, 2.45) is 0 Å². The number of nitrogens with zero attached hydrogens (tertiary/aromatic N) is 1. The summed E-state index contributed by atoms with van der Waals surface area (Å²) in [7, 11) is -3.29. The highest BCUT2D eigenvalue weighted by atomic mass is 35.5. The molecule has 1 amide bonds. The Kier molecular flexibility index (Phi) is 8.00. The van der Waals surface area contributed by atoms with Crippen LogP contribution in [0.3, 0.4) is 0 Å². The van der Waals surface area contributed by atoms with Crippen LogP contribution < -0.4 is 5.32 Å². The molecule has 1 aliphatic rings. The first kappa shape index (κ1) is 22.2. The van der Waals surface area contributed by atoms with Crippen molar-refractivity contribution in [3.05, 3.63) is 64.7 Å². The number of hydrogen-bond acceptors (Lipinski definition) is 4. The van der Waals surface area contributed by atoms with E-state index in [-0.39, 0.29) is 11.7 Å². The smallest absolute Gasteiger partial charge is 0.251 e. The van der Waals surface area contributed by atoms with E-state index in [2.05, 4.69) is 5.32 Å². The van der Waals surface area contributed by atoms with E-state index < -0.39 is 10.0 Å². The predicted octanol–water partition coefficient (Wildman–Crippen LogP) is 4.18. The Morgan fingerprint density at radius 3 is 2.31 bits per heavy atom. The number of amides is 1. The van der Waals surface area contributed by atoms with Gasteiger partial charge >= 0.3 is 0 Å². The summed E-state index contributed by atoms with van der Waals surface area (Å²) in [6.07, 6.45) is 2.94. The van der Waals surface area contributed by atoms with Crippen LogP contribution in [0.4, 0.5) is 0 Å². The van der Waals surface area contributed by atoms with E-state index in [9.17, 15) is 13.2 Å². The second kappa shape index (κ2) is 10.5. The lowest BCUT2D eigenvalue weighted by molar-refractivity contribution is 0.0956. The Bertz CT molecular complexity index is 910. The summed E-state index contributed by atoms with van der Waals surface area (Å²) in [6.45, 7) is 1.75. The van der Waals surface area contributed by atoms with Gasteiger partial charge in [-0.15, -0.1) is 11.8 Å². The fourth-order valence-corrected chi connectivity index (χ4v) is 5.67. The van der Waals surface area contributed by atoms with Gasteiger partial charge in [0.1, 0.15) is 0 Å². The van der Waals surface area contributed by atoms with Gasteiger partial charge in [0.25, 0.3) is 5.91 Å². The summed E-state index contributed by atoms with van der Waals surface area (Å²) in [6, 6.07) is 14.4. The molecule has 3 rings (SSSR count). The maximum atomic E-state index is 12.5. The number of thioether (sulfide) groups is 1. The molecular weight excluding hydrogens is 428 g/mol. The topological polar surface area (TPSA) is 66.5 Å². The van der Waals surface area contributed by atoms with Crippen LogP contribution in [0.1, 0.15) is 35.2 Å². The van der Waals surface area contributed by atoms with Crippen molar-refractivity contribution in [3.63, 3.8) is 0 Å². The molecule has 2 aromatic carbocycles. The summed E-state index contributed by atoms with van der Waals surface area (Å²) in [5.74, 6) is 0.568. The third-order valence-electron chi connectivity index (χ3n) is 4.74. The molecule has 0 aliphatic carbocycles. The van der Waals surface area contributed by atoms with Crippen LogP contribution in [0.5, 0.6) is 0 Å². The van der Waals surface area contributed by atoms with Gasteiger partial charge in [0.15, 0.2) is 0 Å². The summed E-state index contributed by atoms with van der Waals surface area (Å²) in [4.78, 5) is 13.4. The molecule has 1 aliphatic heterocycles. The molecule has 0 radical (unpaired) electrons. The van der Waals surface area contributed by atoms with Crippen LogP contribution >= 0.6 is 23.4 Å². The molecule has 156 valence electrons. The third kappa shape index (κ3) is 6.74. The lowest BCUT2D eigenvalue weighted by atomic mass is 10.1. The van der Waals surface area contributed by atoms with Crippen molar-refractivity contribution in [2.75, 3.05) is 25.4 Å². The molecule has 1 saturated heterocycles. The molecule has 2 aromatic rings. The van der Waals surface area contributed by atoms with E-state index >= 15 is 0 Å². The fourth-order valence-electron chi connectivity index (χ4n) is 3.16. The van der Waals surface area contributed by atoms with Crippen LogP contribution in [-0.4, -0.2) is 44.0 Å². The normalized spacial score (nSPS) is 15.2. The number of hydrogen-bond donors (Lipinski definition) is 1. The van der Waals surface area contributed by atoms with Gasteiger partial charge in [-0.25, -0.2) is 12.7 Å². The summed E-state index contributed by atoms with van der Waals surface area (Å²) < 4.78 is 26.6. The highest BCUT2D eigenvalue weighted by Gasteiger charge is 2.24. The predicted molar refractivity (Wildman–Crippen MR) is 119 cm³/mol. The molecule has 0 bridgehead atoms. The van der Waals surface area contributed by atoms with Gasteiger partial charge in [0.2, 0.25) is 10.0 Å². The van der Waals surface area contributed by atoms with Crippen LogP contribution in [0, 0.1) is 0 Å². The molecular formula is C21H25ClN2O3S2. The number of carbonyl (C=O) groups excluding carboxylic acids is 1. The molecule has 0 aromatic heterocycles. The molecule has 1 heterocycles. The number of rotatable bonds is 8. The SMILES string of the molecule is O=C(NCCSc1ccc(Cl)cc1)c1ccc(CS(=O)(=O)N2CCCCC2)cc1. The quantitative estimate of drug-likeness (QED) is 0.482. The van der Waals surface area contributed by atoms with Crippen molar-refractivity contribution in [3.8, 4) is 0 Å². The molecule has 8 heteroatoms. The lowest BCUT2D eigenvalue weighted by Crippen LogP contribution is -2.36. The average Bonchev–Trinajstić information content (AvgIpc) is 2.73. The van der Waals surface area contributed by atoms with E-state index in [1.807, 2.05) is 24.3 Å². The molecule has 0 saturated carbocycles. The molecule has 29 heavy (non-hydrogen) atoms. The number of halogens is 1. The van der Waals surface area contributed by atoms with Gasteiger partial charge < -0.3 is 5.32 Å². The lowest BCUT2D eigenvalue weighted by Gasteiger charge is -2.25. The minimum absolute atomic E-state index is 0.0212. The van der Waals surface area contributed by atoms with Gasteiger partial charge in [-0.1, -0.05) is 30.2 Å². The minimum Gasteiger partial charge on any atom is -0.351 e. The molecule has 1 fully saturated rings. The van der Waals surface area contributed by atoms with Crippen LogP contribution in [0.2, 0.25) is 5.02 Å². The summed E-state index contributed by atoms with van der Waals surface area (Å²) >= 11 is 7.51. The monoisotopic (exact) mass is 452 g/mol. The average molecular weight is 453 g/mol. The van der Waals surface area contributed by atoms with E-state index in [4.69, 9.17) is 11.6 Å². The van der Waals surface area contributed by atoms with Gasteiger partial charge in [-0.2, -0.15) is 0 Å². The largest absolute Gasteiger partial charge is 0.351 e. The van der Waals surface area contributed by atoms with E-state index in [1.165, 1.54) is 0 Å². The van der Waals surface area contributed by atoms with E-state index in [1.54, 1.807) is 40.3 Å². The first-order chi connectivity index (χ1) is 13.9. The summed E-state index contributed by atoms with van der Waals surface area (Å²) in [5.41, 5.74) is 1.23. The molecule has 5 nitrogen and oxygen atoms in total. The molecule has 1 N–H and O–H groups in total. The number of benzene rings is 2. The Morgan fingerprint density at radius 1 is 1.00 bits per heavy atom. The Labute approximate surface area is 181 Å². The van der Waals surface area contributed by atoms with Gasteiger partial charge in [-0.3, -0.25) is 4.79 Å². The number of piperidine rings is 1. The molecule has 0 unspecified atom stereocenters. The van der Waals surface area contributed by atoms with Crippen LogP contribution in [0.25, 0.3) is 0 Å².